The minimum Gasteiger partial charge on any atom is -0.422 e. The van der Waals surface area contributed by atoms with Gasteiger partial charge >= 0.3 is 11.8 Å². The second-order valence-corrected chi connectivity index (χ2v) is 7.33. The highest BCUT2D eigenvalue weighted by Crippen LogP contribution is 2.40. The second kappa shape index (κ2) is 8.22. The molecular weight excluding hydrogens is 437 g/mol. The van der Waals surface area contributed by atoms with Gasteiger partial charge in [-0.1, -0.05) is 0 Å². The number of hydrogen-bond acceptors (Lipinski definition) is 8. The van der Waals surface area contributed by atoms with Gasteiger partial charge in [-0.3, -0.25) is 0 Å². The van der Waals surface area contributed by atoms with Crippen LogP contribution in [0.2, 0.25) is 0 Å². The van der Waals surface area contributed by atoms with Crippen molar-refractivity contribution in [3.05, 3.63) is 52.5 Å². The van der Waals surface area contributed by atoms with Crippen molar-refractivity contribution < 1.29 is 42.8 Å². The normalized spacial score (nSPS) is 26.4. The molecule has 1 fully saturated rings. The van der Waals surface area contributed by atoms with Crippen LogP contribution in [0.4, 0.5) is 18.9 Å². The van der Waals surface area contributed by atoms with Crippen LogP contribution in [0.15, 0.2) is 45.7 Å². The number of benzene rings is 1. The first kappa shape index (κ1) is 22.3. The van der Waals surface area contributed by atoms with Gasteiger partial charge < -0.3 is 39.9 Å². The number of ether oxygens (including phenoxy) is 1. The Morgan fingerprint density at radius 2 is 1.88 bits per heavy atom. The average molecular weight is 456 g/mol. The summed E-state index contributed by atoms with van der Waals surface area (Å²) in [6.45, 7) is -0.646. The molecule has 3 unspecified atom stereocenters. The fourth-order valence-corrected chi connectivity index (χ4v) is 3.76. The highest BCUT2D eigenvalue weighted by Gasteiger charge is 2.44. The molecule has 1 saturated heterocycles. The largest absolute Gasteiger partial charge is 0.422 e. The predicted molar refractivity (Wildman–Crippen MR) is 105 cm³/mol. The van der Waals surface area contributed by atoms with Crippen LogP contribution < -0.4 is 10.9 Å². The fraction of sp³-hybridized carbons (Fsp3) is 0.350. The van der Waals surface area contributed by atoms with Crippen LogP contribution in [0.25, 0.3) is 22.2 Å². The Morgan fingerprint density at radius 1 is 1.12 bits per heavy atom. The Morgan fingerprint density at radius 3 is 2.50 bits per heavy atom. The van der Waals surface area contributed by atoms with Crippen LogP contribution in [0.5, 0.6) is 0 Å². The Hall–Kier alpha value is -2.90. The molecule has 12 heteroatoms. The van der Waals surface area contributed by atoms with Crippen LogP contribution in [0.3, 0.4) is 0 Å². The topological polar surface area (TPSA) is 148 Å². The van der Waals surface area contributed by atoms with Gasteiger partial charge in [0.15, 0.2) is 6.29 Å². The molecule has 1 aliphatic rings. The van der Waals surface area contributed by atoms with E-state index in [-0.39, 0.29) is 22.4 Å². The van der Waals surface area contributed by atoms with Crippen LogP contribution in [0, 0.1) is 0 Å². The van der Waals surface area contributed by atoms with E-state index in [1.54, 1.807) is 0 Å². The highest BCUT2D eigenvalue weighted by atomic mass is 19.4. The van der Waals surface area contributed by atoms with E-state index in [0.717, 1.165) is 12.1 Å². The monoisotopic (exact) mass is 456 g/mol. The number of alkyl halides is 3. The van der Waals surface area contributed by atoms with Gasteiger partial charge in [0.1, 0.15) is 29.9 Å². The Bertz CT molecular complexity index is 1160. The van der Waals surface area contributed by atoms with Gasteiger partial charge in [-0.15, -0.1) is 0 Å². The lowest BCUT2D eigenvalue weighted by molar-refractivity contribution is -0.245. The molecule has 3 aromatic rings. The first-order valence-corrected chi connectivity index (χ1v) is 9.50. The van der Waals surface area contributed by atoms with E-state index < -0.39 is 60.2 Å². The van der Waals surface area contributed by atoms with Crippen molar-refractivity contribution in [3.63, 3.8) is 0 Å². The average Bonchev–Trinajstić information content (AvgIpc) is 3.26. The first-order valence-electron chi connectivity index (χ1n) is 9.50. The molecule has 4 rings (SSSR count). The zero-order chi connectivity index (χ0) is 23.2. The zero-order valence-electron chi connectivity index (χ0n) is 16.2. The molecular formula is C20H19F3N2O7. The van der Waals surface area contributed by atoms with Crippen molar-refractivity contribution in [1.82, 2.24) is 4.98 Å². The summed E-state index contributed by atoms with van der Waals surface area (Å²) in [6, 6.07) is 4.92. The van der Waals surface area contributed by atoms with Gasteiger partial charge in [0.25, 0.3) is 0 Å². The van der Waals surface area contributed by atoms with Crippen LogP contribution in [-0.2, 0) is 10.9 Å². The molecule has 1 aliphatic heterocycles. The minimum atomic E-state index is -4.86. The van der Waals surface area contributed by atoms with Gasteiger partial charge in [0.2, 0.25) is 0 Å². The smallest absolute Gasteiger partial charge is 0.418 e. The molecule has 0 aliphatic carbocycles. The molecule has 0 bridgehead atoms. The molecule has 0 amide bonds. The number of rotatable bonds is 4. The first-order chi connectivity index (χ1) is 15.1. The summed E-state index contributed by atoms with van der Waals surface area (Å²) in [4.78, 5) is 15.0. The number of halogens is 3. The van der Waals surface area contributed by atoms with Crippen molar-refractivity contribution in [3.8, 4) is 11.3 Å². The third-order valence-corrected chi connectivity index (χ3v) is 5.29. The summed E-state index contributed by atoms with van der Waals surface area (Å²) in [5.41, 5.74) is -3.36. The maximum atomic E-state index is 13.9. The SMILES string of the molecule is O=c1oc2cc(NC3C(O)OC(CO)[C@@H](O)[C@@H]3O)ccc2c(C(F)(F)F)c1-c1ccc[nH]1. The molecule has 0 radical (unpaired) electrons. The van der Waals surface area contributed by atoms with Gasteiger partial charge in [-0.2, -0.15) is 13.2 Å². The van der Waals surface area contributed by atoms with Crippen LogP contribution in [-0.4, -0.2) is 62.7 Å². The van der Waals surface area contributed by atoms with Crippen molar-refractivity contribution in [2.75, 3.05) is 11.9 Å². The van der Waals surface area contributed by atoms with E-state index in [4.69, 9.17) is 14.3 Å². The third kappa shape index (κ3) is 3.87. The molecule has 0 saturated carbocycles. The van der Waals surface area contributed by atoms with Crippen LogP contribution >= 0.6 is 0 Å². The van der Waals surface area contributed by atoms with Crippen molar-refractivity contribution in [1.29, 1.82) is 0 Å². The van der Waals surface area contributed by atoms with E-state index in [1.807, 2.05) is 0 Å². The molecule has 1 aromatic carbocycles. The molecule has 0 spiro atoms. The third-order valence-electron chi connectivity index (χ3n) is 5.29. The number of hydrogen-bond donors (Lipinski definition) is 6. The number of aliphatic hydroxyl groups excluding tert-OH is 4. The maximum absolute atomic E-state index is 13.9. The molecule has 6 N–H and O–H groups in total. The molecule has 172 valence electrons. The van der Waals surface area contributed by atoms with E-state index in [9.17, 15) is 33.3 Å². The van der Waals surface area contributed by atoms with Crippen molar-refractivity contribution >= 4 is 16.7 Å². The highest BCUT2D eigenvalue weighted by molar-refractivity contribution is 5.89. The molecule has 32 heavy (non-hydrogen) atoms. The number of aromatic amines is 1. The molecule has 3 heterocycles. The Kier molecular flexibility index (Phi) is 5.73. The summed E-state index contributed by atoms with van der Waals surface area (Å²) < 4.78 is 51.9. The van der Waals surface area contributed by atoms with Crippen molar-refractivity contribution in [2.24, 2.45) is 0 Å². The predicted octanol–water partition coefficient (Wildman–Crippen LogP) is 1.02. The van der Waals surface area contributed by atoms with Gasteiger partial charge in [-0.25, -0.2) is 4.79 Å². The number of fused-ring (bicyclic) bond motifs is 1. The number of anilines is 1. The molecule has 2 aromatic heterocycles. The summed E-state index contributed by atoms with van der Waals surface area (Å²) in [5.74, 6) is 0. The summed E-state index contributed by atoms with van der Waals surface area (Å²) >= 11 is 0. The van der Waals surface area contributed by atoms with Crippen LogP contribution in [0.1, 0.15) is 5.56 Å². The lowest BCUT2D eigenvalue weighted by atomic mass is 9.96. The standard InChI is InChI=1S/C20H19F3N2O7/c21-20(22,23)14-9-4-3-8(25-15-17(28)16(27)12(7-26)32-19(15)30)6-11(9)31-18(29)13(14)10-2-1-5-24-10/h1-6,12,15-17,19,24-28,30H,7H2/t12?,15?,16-,17-,19?/m1/s1. The van der Waals surface area contributed by atoms with E-state index in [2.05, 4.69) is 10.3 Å². The summed E-state index contributed by atoms with van der Waals surface area (Å²) in [6.07, 6.45) is -9.44. The van der Waals surface area contributed by atoms with E-state index >= 15 is 0 Å². The maximum Gasteiger partial charge on any atom is 0.418 e. The van der Waals surface area contributed by atoms with Gasteiger partial charge in [-0.05, 0) is 24.3 Å². The lowest BCUT2D eigenvalue weighted by Crippen LogP contribution is -2.61. The van der Waals surface area contributed by atoms with E-state index in [1.165, 1.54) is 24.4 Å². The number of aromatic nitrogens is 1. The fourth-order valence-electron chi connectivity index (χ4n) is 3.76. The molecule has 9 nitrogen and oxygen atoms in total. The van der Waals surface area contributed by atoms with Crippen molar-refractivity contribution in [2.45, 2.75) is 36.8 Å². The quantitative estimate of drug-likeness (QED) is 0.319. The van der Waals surface area contributed by atoms with Gasteiger partial charge in [0.05, 0.1) is 23.4 Å². The number of nitrogens with one attached hydrogen (secondary N) is 2. The number of H-pyrrole nitrogens is 1. The lowest BCUT2D eigenvalue weighted by Gasteiger charge is -2.40. The zero-order valence-corrected chi connectivity index (χ0v) is 16.2. The second-order valence-electron chi connectivity index (χ2n) is 7.33. The minimum absolute atomic E-state index is 0.0480. The van der Waals surface area contributed by atoms with Gasteiger partial charge in [0, 0.05) is 23.3 Å². The summed E-state index contributed by atoms with van der Waals surface area (Å²) in [5, 5.41) is 41.7. The van der Waals surface area contributed by atoms with E-state index in [0.29, 0.717) is 0 Å². The number of aliphatic hydroxyl groups is 4. The summed E-state index contributed by atoms with van der Waals surface area (Å²) in [7, 11) is 0. The Labute approximate surface area is 177 Å². The Balaban J connectivity index is 1.76. The molecule has 5 atom stereocenters.